The molecule has 23 heavy (non-hydrogen) atoms. The molecule has 3 rings (SSSR count). The lowest BCUT2D eigenvalue weighted by molar-refractivity contribution is 0.338. The molecule has 0 spiro atoms. The third-order valence-electron chi connectivity index (χ3n) is 4.21. The number of imidazole rings is 1. The molecule has 0 radical (unpaired) electrons. The van der Waals surface area contributed by atoms with Gasteiger partial charge in [-0.3, -0.25) is 4.57 Å². The minimum Gasteiger partial charge on any atom is -0.382 e. The Morgan fingerprint density at radius 1 is 1.22 bits per heavy atom. The third kappa shape index (κ3) is 3.35. The van der Waals surface area contributed by atoms with Crippen molar-refractivity contribution in [3.05, 3.63) is 18.5 Å². The van der Waals surface area contributed by atoms with Crippen LogP contribution in [0.5, 0.6) is 0 Å². The standard InChI is InChI=1S/C13H16FN5.2C2H6/c1-7-4-5-8(13(7,2)3)19-6-16-9-10(15)17-12(14)18-11(9)19;2*1-2/h5-7H,4H2,1-3H3,(H2,15,17,18);2*1-2H3. The van der Waals surface area contributed by atoms with Crippen molar-refractivity contribution in [1.29, 1.82) is 0 Å². The fourth-order valence-corrected chi connectivity index (χ4v) is 2.58. The molecule has 0 saturated heterocycles. The summed E-state index contributed by atoms with van der Waals surface area (Å²) in [6, 6.07) is 0. The van der Waals surface area contributed by atoms with Gasteiger partial charge >= 0.3 is 6.08 Å². The van der Waals surface area contributed by atoms with Crippen LogP contribution in [0.4, 0.5) is 10.2 Å². The van der Waals surface area contributed by atoms with Crippen molar-refractivity contribution in [3.8, 4) is 0 Å². The number of halogens is 1. The lowest BCUT2D eigenvalue weighted by Gasteiger charge is -2.28. The van der Waals surface area contributed by atoms with Gasteiger partial charge in [-0.25, -0.2) is 4.98 Å². The molecule has 1 atom stereocenters. The van der Waals surface area contributed by atoms with Crippen molar-refractivity contribution in [2.75, 3.05) is 5.73 Å². The molecule has 5 nitrogen and oxygen atoms in total. The van der Waals surface area contributed by atoms with E-state index in [-0.39, 0.29) is 11.2 Å². The van der Waals surface area contributed by atoms with Crippen LogP contribution in [0.3, 0.4) is 0 Å². The quantitative estimate of drug-likeness (QED) is 0.785. The predicted molar refractivity (Wildman–Crippen MR) is 94.2 cm³/mol. The second kappa shape index (κ2) is 7.53. The van der Waals surface area contributed by atoms with Gasteiger partial charge in [0.15, 0.2) is 17.0 Å². The first-order valence-corrected chi connectivity index (χ1v) is 8.28. The van der Waals surface area contributed by atoms with Crippen molar-refractivity contribution in [2.24, 2.45) is 11.3 Å². The van der Waals surface area contributed by atoms with E-state index in [1.807, 2.05) is 32.3 Å². The fraction of sp³-hybridized carbons (Fsp3) is 0.588. The number of anilines is 1. The van der Waals surface area contributed by atoms with Gasteiger partial charge in [-0.2, -0.15) is 14.4 Å². The Labute approximate surface area is 137 Å². The molecule has 1 unspecified atom stereocenters. The lowest BCUT2D eigenvalue weighted by atomic mass is 9.81. The number of hydrogen-bond acceptors (Lipinski definition) is 4. The van der Waals surface area contributed by atoms with Crippen LogP contribution in [-0.4, -0.2) is 19.5 Å². The normalized spacial score (nSPS) is 18.6. The first-order valence-electron chi connectivity index (χ1n) is 8.28. The largest absolute Gasteiger partial charge is 0.382 e. The summed E-state index contributed by atoms with van der Waals surface area (Å²) in [5, 5.41) is 0. The molecule has 2 heterocycles. The highest BCUT2D eigenvalue weighted by Crippen LogP contribution is 2.46. The van der Waals surface area contributed by atoms with Gasteiger partial charge in [0.05, 0.1) is 0 Å². The Hall–Kier alpha value is -1.98. The summed E-state index contributed by atoms with van der Waals surface area (Å²) in [6.07, 6.45) is 3.96. The minimum atomic E-state index is -0.823. The molecular weight excluding hydrogens is 293 g/mol. The van der Waals surface area contributed by atoms with E-state index in [2.05, 4.69) is 41.8 Å². The van der Waals surface area contributed by atoms with Gasteiger partial charge in [0.25, 0.3) is 0 Å². The summed E-state index contributed by atoms with van der Waals surface area (Å²) < 4.78 is 15.2. The van der Waals surface area contributed by atoms with Crippen LogP contribution >= 0.6 is 0 Å². The predicted octanol–water partition coefficient (Wildman–Crippen LogP) is 4.51. The topological polar surface area (TPSA) is 69.6 Å². The van der Waals surface area contributed by atoms with E-state index in [1.165, 1.54) is 0 Å². The molecule has 0 fully saturated rings. The molecule has 1 aliphatic rings. The molecule has 0 amide bonds. The Morgan fingerprint density at radius 2 is 1.83 bits per heavy atom. The fourth-order valence-electron chi connectivity index (χ4n) is 2.58. The monoisotopic (exact) mass is 321 g/mol. The van der Waals surface area contributed by atoms with E-state index in [1.54, 1.807) is 6.33 Å². The van der Waals surface area contributed by atoms with E-state index in [9.17, 15) is 4.39 Å². The number of rotatable bonds is 1. The minimum absolute atomic E-state index is 0.0101. The average Bonchev–Trinajstić information content (AvgIpc) is 3.05. The van der Waals surface area contributed by atoms with E-state index >= 15 is 0 Å². The maximum atomic E-state index is 13.3. The van der Waals surface area contributed by atoms with Gasteiger partial charge in [0, 0.05) is 11.1 Å². The Bertz CT molecular complexity index is 688. The molecule has 2 aromatic heterocycles. The van der Waals surface area contributed by atoms with Gasteiger partial charge in [-0.15, -0.1) is 0 Å². The highest BCUT2D eigenvalue weighted by Gasteiger charge is 2.36. The van der Waals surface area contributed by atoms with Crippen LogP contribution in [0.15, 0.2) is 12.4 Å². The summed E-state index contributed by atoms with van der Waals surface area (Å²) in [5.41, 5.74) is 7.62. The highest BCUT2D eigenvalue weighted by atomic mass is 19.1. The lowest BCUT2D eigenvalue weighted by Crippen LogP contribution is -2.21. The van der Waals surface area contributed by atoms with Gasteiger partial charge in [0.2, 0.25) is 0 Å². The van der Waals surface area contributed by atoms with Gasteiger partial charge in [-0.05, 0) is 12.3 Å². The Morgan fingerprint density at radius 3 is 2.35 bits per heavy atom. The van der Waals surface area contributed by atoms with Gasteiger partial charge < -0.3 is 5.73 Å². The van der Waals surface area contributed by atoms with Gasteiger partial charge in [0.1, 0.15) is 6.33 Å². The molecule has 2 aromatic rings. The molecule has 128 valence electrons. The second-order valence-corrected chi connectivity index (χ2v) is 5.61. The summed E-state index contributed by atoms with van der Waals surface area (Å²) >= 11 is 0. The van der Waals surface area contributed by atoms with Gasteiger partial charge in [-0.1, -0.05) is 54.5 Å². The Balaban J connectivity index is 0.000000615. The molecule has 0 bridgehead atoms. The average molecular weight is 321 g/mol. The number of nitrogens with zero attached hydrogens (tertiary/aromatic N) is 4. The number of hydrogen-bond donors (Lipinski definition) is 1. The van der Waals surface area contributed by atoms with Crippen molar-refractivity contribution in [1.82, 2.24) is 19.5 Å². The van der Waals surface area contributed by atoms with Crippen molar-refractivity contribution < 1.29 is 4.39 Å². The first kappa shape index (κ1) is 19.1. The number of fused-ring (bicyclic) bond motifs is 1. The maximum absolute atomic E-state index is 13.3. The number of aromatic nitrogens is 4. The molecule has 0 saturated carbocycles. The zero-order valence-corrected chi connectivity index (χ0v) is 15.2. The summed E-state index contributed by atoms with van der Waals surface area (Å²) in [5.74, 6) is 0.592. The van der Waals surface area contributed by atoms with Crippen molar-refractivity contribution in [3.63, 3.8) is 0 Å². The number of nitrogen functional groups attached to an aromatic ring is 1. The molecule has 0 aliphatic heterocycles. The SMILES string of the molecule is CC.CC.CC1CC=C(n2cnc3c(N)nc(F)nc32)C1(C)C. The second-order valence-electron chi connectivity index (χ2n) is 5.61. The van der Waals surface area contributed by atoms with Crippen LogP contribution < -0.4 is 5.73 Å². The zero-order valence-electron chi connectivity index (χ0n) is 15.2. The van der Waals surface area contributed by atoms with Crippen LogP contribution in [0.2, 0.25) is 0 Å². The van der Waals surface area contributed by atoms with Crippen molar-refractivity contribution >= 4 is 22.7 Å². The first-order chi connectivity index (χ1) is 10.9. The molecular formula is C17H28FN5. The van der Waals surface area contributed by atoms with E-state index in [0.717, 1.165) is 12.1 Å². The maximum Gasteiger partial charge on any atom is 0.312 e. The smallest absolute Gasteiger partial charge is 0.312 e. The van der Waals surface area contributed by atoms with E-state index in [0.29, 0.717) is 17.1 Å². The van der Waals surface area contributed by atoms with Crippen LogP contribution in [0, 0.1) is 17.4 Å². The summed E-state index contributed by atoms with van der Waals surface area (Å²) in [7, 11) is 0. The Kier molecular flexibility index (Phi) is 6.24. The number of allylic oxidation sites excluding steroid dienone is 2. The molecule has 0 aromatic carbocycles. The zero-order chi connectivity index (χ0) is 17.8. The van der Waals surface area contributed by atoms with Crippen molar-refractivity contribution in [2.45, 2.75) is 54.9 Å². The summed E-state index contributed by atoms with van der Waals surface area (Å²) in [6.45, 7) is 14.5. The summed E-state index contributed by atoms with van der Waals surface area (Å²) in [4.78, 5) is 11.5. The molecule has 6 heteroatoms. The number of nitrogens with two attached hydrogens (primary N) is 1. The third-order valence-corrected chi connectivity index (χ3v) is 4.21. The highest BCUT2D eigenvalue weighted by molar-refractivity contribution is 5.84. The van der Waals surface area contributed by atoms with Crippen LogP contribution in [-0.2, 0) is 0 Å². The van der Waals surface area contributed by atoms with E-state index in [4.69, 9.17) is 5.73 Å². The molecule has 1 aliphatic carbocycles. The van der Waals surface area contributed by atoms with Crippen LogP contribution in [0.1, 0.15) is 54.9 Å². The van der Waals surface area contributed by atoms with Crippen LogP contribution in [0.25, 0.3) is 16.9 Å². The molecule has 2 N–H and O–H groups in total. The van der Waals surface area contributed by atoms with E-state index < -0.39 is 6.08 Å².